The molecular weight excluding hydrogens is 392 g/mol. The lowest BCUT2D eigenvalue weighted by atomic mass is 9.44. The Balaban J connectivity index is 1.59. The average molecular weight is 440 g/mol. The summed E-state index contributed by atoms with van der Waals surface area (Å²) in [6.45, 7) is 16.4. The summed E-state index contributed by atoms with van der Waals surface area (Å²) in [7, 11) is 0. The van der Waals surface area contributed by atoms with E-state index in [1.807, 2.05) is 0 Å². The number of Topliss-reactive ketones (excluding diaryl/α,β-unsaturated/α-hetero) is 1. The Morgan fingerprint density at radius 2 is 1.78 bits per heavy atom. The van der Waals surface area contributed by atoms with E-state index in [9.17, 15) is 4.79 Å². The summed E-state index contributed by atoms with van der Waals surface area (Å²) in [6.07, 6.45) is 13.8. The van der Waals surface area contributed by atoms with Gasteiger partial charge in [0.1, 0.15) is 0 Å². The van der Waals surface area contributed by atoms with Gasteiger partial charge >= 0.3 is 5.71 Å². The van der Waals surface area contributed by atoms with Crippen molar-refractivity contribution in [2.45, 2.75) is 106 Å². The van der Waals surface area contributed by atoms with Crippen LogP contribution in [0.1, 0.15) is 106 Å². The van der Waals surface area contributed by atoms with Crippen molar-refractivity contribution in [1.82, 2.24) is 0 Å². The van der Waals surface area contributed by atoms with Crippen molar-refractivity contribution in [3.8, 4) is 0 Å². The number of ketones is 1. The standard InChI is InChI=1S/C29H47N2O/c1-18(2)9-8-10-19(3)21-12-13-22-20-11-14-25-27(4,5)26(32)24(31-30)17-29(25,7)23(20)15-16-28(21,22)6/h14,18-23,30H,8-13,15-17H2,1-7H3/q+1. The molecule has 0 spiro atoms. The number of rotatable bonds is 5. The molecule has 1 N–H and O–H groups in total. The SMILES string of the molecule is CC(C)CCCC(C)C1CCC2C3CC=C4C(C)(C)C(=O)C(=[N+]=N)CC4(C)C3CCC12C. The Hall–Kier alpha value is -1.21. The van der Waals surface area contributed by atoms with Crippen molar-refractivity contribution in [2.75, 3.05) is 0 Å². The van der Waals surface area contributed by atoms with Crippen LogP contribution in [0.3, 0.4) is 0 Å². The molecule has 0 aromatic heterocycles. The summed E-state index contributed by atoms with van der Waals surface area (Å²) in [6, 6.07) is 0. The van der Waals surface area contributed by atoms with Crippen LogP contribution in [0.5, 0.6) is 0 Å². The highest BCUT2D eigenvalue weighted by Crippen LogP contribution is 2.68. The Morgan fingerprint density at radius 1 is 1.06 bits per heavy atom. The number of hydrogen-bond acceptors (Lipinski definition) is 2. The van der Waals surface area contributed by atoms with Gasteiger partial charge in [-0.1, -0.05) is 65.5 Å². The van der Waals surface area contributed by atoms with E-state index in [4.69, 9.17) is 5.53 Å². The van der Waals surface area contributed by atoms with E-state index >= 15 is 0 Å². The van der Waals surface area contributed by atoms with Crippen molar-refractivity contribution in [3.05, 3.63) is 11.6 Å². The van der Waals surface area contributed by atoms with Gasteiger partial charge in [-0.2, -0.15) is 0 Å². The molecule has 3 nitrogen and oxygen atoms in total. The summed E-state index contributed by atoms with van der Waals surface area (Å²) < 4.78 is 0. The first-order valence-corrected chi connectivity index (χ1v) is 13.5. The van der Waals surface area contributed by atoms with Gasteiger partial charge in [0.25, 0.3) is 5.78 Å². The first-order valence-electron chi connectivity index (χ1n) is 13.5. The van der Waals surface area contributed by atoms with Crippen molar-refractivity contribution in [1.29, 1.82) is 5.53 Å². The minimum absolute atomic E-state index is 0.0114. The lowest BCUT2D eigenvalue weighted by molar-refractivity contribution is -0.148. The van der Waals surface area contributed by atoms with E-state index in [0.29, 0.717) is 23.5 Å². The zero-order valence-corrected chi connectivity index (χ0v) is 21.8. The van der Waals surface area contributed by atoms with Crippen molar-refractivity contribution >= 4 is 11.5 Å². The highest BCUT2D eigenvalue weighted by atomic mass is 16.1. The van der Waals surface area contributed by atoms with Crippen LogP contribution in [-0.4, -0.2) is 16.3 Å². The Bertz CT molecular complexity index is 847. The summed E-state index contributed by atoms with van der Waals surface area (Å²) in [5.74, 6) is 4.76. The lowest BCUT2D eigenvalue weighted by Crippen LogP contribution is -2.56. The second kappa shape index (κ2) is 8.23. The summed E-state index contributed by atoms with van der Waals surface area (Å²) in [4.78, 5) is 16.8. The Labute approximate surface area is 196 Å². The third-order valence-electron chi connectivity index (χ3n) is 10.8. The molecule has 4 rings (SSSR count). The molecule has 7 atom stereocenters. The molecule has 0 heterocycles. The summed E-state index contributed by atoms with van der Waals surface area (Å²) in [5.41, 5.74) is 9.49. The van der Waals surface area contributed by atoms with Crippen molar-refractivity contribution in [3.63, 3.8) is 0 Å². The molecule has 0 saturated heterocycles. The first-order chi connectivity index (χ1) is 15.0. The van der Waals surface area contributed by atoms with Gasteiger partial charge in [-0.3, -0.25) is 4.79 Å². The molecule has 3 fully saturated rings. The van der Waals surface area contributed by atoms with Gasteiger partial charge in [-0.15, -0.1) is 0 Å². The van der Waals surface area contributed by atoms with Gasteiger partial charge in [-0.05, 0) is 86.9 Å². The van der Waals surface area contributed by atoms with Crippen LogP contribution in [-0.2, 0) is 4.79 Å². The molecule has 7 unspecified atom stereocenters. The summed E-state index contributed by atoms with van der Waals surface area (Å²) >= 11 is 0. The number of carbonyl (C=O) groups is 1. The van der Waals surface area contributed by atoms with E-state index in [2.05, 4.69) is 59.3 Å². The molecule has 4 aliphatic carbocycles. The average Bonchev–Trinajstić information content (AvgIpc) is 3.08. The first kappa shape index (κ1) is 23.9. The molecule has 0 aliphatic heterocycles. The monoisotopic (exact) mass is 439 g/mol. The van der Waals surface area contributed by atoms with Crippen LogP contribution in [0.25, 0.3) is 0 Å². The fraction of sp³-hybridized carbons (Fsp3) is 0.862. The molecule has 0 aromatic carbocycles. The van der Waals surface area contributed by atoms with E-state index < -0.39 is 5.41 Å². The molecule has 4 aliphatic rings. The fourth-order valence-electron chi connectivity index (χ4n) is 9.32. The van der Waals surface area contributed by atoms with Crippen LogP contribution < -0.4 is 0 Å². The number of carbonyl (C=O) groups excluding carboxylic acids is 1. The minimum atomic E-state index is -0.512. The fourth-order valence-corrected chi connectivity index (χ4v) is 9.32. The largest absolute Gasteiger partial charge is 0.385 e. The van der Waals surface area contributed by atoms with E-state index in [1.54, 1.807) is 0 Å². The topological polar surface area (TPSA) is 55.0 Å². The van der Waals surface area contributed by atoms with E-state index in [1.165, 1.54) is 50.5 Å². The number of fused-ring (bicyclic) bond motifs is 5. The van der Waals surface area contributed by atoms with Gasteiger partial charge in [-0.25, -0.2) is 0 Å². The van der Waals surface area contributed by atoms with Crippen molar-refractivity contribution in [2.24, 2.45) is 51.8 Å². The third-order valence-corrected chi connectivity index (χ3v) is 10.8. The lowest BCUT2D eigenvalue weighted by Gasteiger charge is -2.59. The number of nitrogens with zero attached hydrogens (tertiary/aromatic N) is 1. The predicted octanol–water partition coefficient (Wildman–Crippen LogP) is 7.52. The molecule has 0 aromatic rings. The smallest absolute Gasteiger partial charge is 0.285 e. The molecule has 178 valence electrons. The third kappa shape index (κ3) is 3.49. The number of nitrogens with one attached hydrogen (secondary N) is 1. The zero-order valence-electron chi connectivity index (χ0n) is 21.8. The second-order valence-electron chi connectivity index (χ2n) is 13.4. The highest BCUT2D eigenvalue weighted by molar-refractivity contribution is 6.41. The number of hydrogen-bond donors (Lipinski definition) is 1. The molecule has 0 bridgehead atoms. The van der Waals surface area contributed by atoms with Gasteiger partial charge in [0.15, 0.2) is 0 Å². The van der Waals surface area contributed by atoms with Crippen LogP contribution >= 0.6 is 0 Å². The highest BCUT2D eigenvalue weighted by Gasteiger charge is 2.64. The normalized spacial score (nSPS) is 41.4. The van der Waals surface area contributed by atoms with Crippen molar-refractivity contribution < 1.29 is 9.58 Å². The maximum absolute atomic E-state index is 13.0. The Morgan fingerprint density at radius 3 is 2.44 bits per heavy atom. The molecule has 3 saturated carbocycles. The van der Waals surface area contributed by atoms with E-state index in [-0.39, 0.29) is 11.2 Å². The molecular formula is C29H47N2O+. The maximum Gasteiger partial charge on any atom is 0.385 e. The maximum atomic E-state index is 13.0. The van der Waals surface area contributed by atoms with Gasteiger partial charge in [0.2, 0.25) is 0 Å². The van der Waals surface area contributed by atoms with Crippen LogP contribution in [0, 0.1) is 57.3 Å². The van der Waals surface area contributed by atoms with Gasteiger partial charge < -0.3 is 0 Å². The minimum Gasteiger partial charge on any atom is -0.285 e. The Kier molecular flexibility index (Phi) is 6.15. The quantitative estimate of drug-likeness (QED) is 0.269. The predicted molar refractivity (Wildman–Crippen MR) is 131 cm³/mol. The molecule has 32 heavy (non-hydrogen) atoms. The van der Waals surface area contributed by atoms with Crippen LogP contribution in [0.2, 0.25) is 0 Å². The van der Waals surface area contributed by atoms with Crippen LogP contribution in [0.4, 0.5) is 0 Å². The molecule has 0 radical (unpaired) electrons. The zero-order chi connectivity index (χ0) is 23.5. The summed E-state index contributed by atoms with van der Waals surface area (Å²) in [5, 5.41) is 0. The van der Waals surface area contributed by atoms with E-state index in [0.717, 1.165) is 36.0 Å². The second-order valence-corrected chi connectivity index (χ2v) is 13.4. The molecule has 0 amide bonds. The van der Waals surface area contributed by atoms with Crippen LogP contribution in [0.15, 0.2) is 11.6 Å². The number of allylic oxidation sites excluding steroid dienone is 2. The van der Waals surface area contributed by atoms with Gasteiger partial charge in [0.05, 0.1) is 22.2 Å². The molecule has 3 heteroatoms. The van der Waals surface area contributed by atoms with Gasteiger partial charge in [0, 0.05) is 5.41 Å².